The molecule has 5 nitrogen and oxygen atoms in total. The monoisotopic (exact) mass is 381 g/mol. The van der Waals surface area contributed by atoms with E-state index in [1.54, 1.807) is 24.4 Å². The molecule has 2 aromatic heterocycles. The largest absolute Gasteiger partial charge is 0.354 e. The molecule has 0 saturated heterocycles. The molecule has 1 aromatic carbocycles. The lowest BCUT2D eigenvalue weighted by atomic mass is 10.0. The molecule has 3 rings (SSSR count). The Balaban J connectivity index is 1.64. The number of aromatic nitrogens is 2. The summed E-state index contributed by atoms with van der Waals surface area (Å²) in [6.45, 7) is 0. The summed E-state index contributed by atoms with van der Waals surface area (Å²) >= 11 is 0. The molecule has 142 valence electrons. The second-order valence-corrected chi connectivity index (χ2v) is 6.19. The number of nitrogens with one attached hydrogen (secondary N) is 1. The molecule has 7 heteroatoms. The highest BCUT2D eigenvalue weighted by Crippen LogP contribution is 2.14. The fourth-order valence-corrected chi connectivity index (χ4v) is 2.64. The quantitative estimate of drug-likeness (QED) is 0.666. The molecule has 0 spiro atoms. The highest BCUT2D eigenvalue weighted by atomic mass is 19.2. The van der Waals surface area contributed by atoms with Gasteiger partial charge in [-0.2, -0.15) is 0 Å². The van der Waals surface area contributed by atoms with Gasteiger partial charge in [-0.1, -0.05) is 12.1 Å². The van der Waals surface area contributed by atoms with Crippen LogP contribution in [-0.2, 0) is 12.8 Å². The predicted octanol–water partition coefficient (Wildman–Crippen LogP) is 3.13. The van der Waals surface area contributed by atoms with Crippen LogP contribution in [-0.4, -0.2) is 28.7 Å². The summed E-state index contributed by atoms with van der Waals surface area (Å²) < 4.78 is 26.3. The van der Waals surface area contributed by atoms with E-state index in [-0.39, 0.29) is 23.8 Å². The Morgan fingerprint density at radius 1 is 0.929 bits per heavy atom. The third kappa shape index (κ3) is 4.62. The van der Waals surface area contributed by atoms with E-state index in [0.29, 0.717) is 23.2 Å². The van der Waals surface area contributed by atoms with Crippen LogP contribution in [0.25, 0.3) is 0 Å². The van der Waals surface area contributed by atoms with Gasteiger partial charge >= 0.3 is 0 Å². The summed E-state index contributed by atoms with van der Waals surface area (Å²) in [4.78, 5) is 32.1. The van der Waals surface area contributed by atoms with Crippen LogP contribution in [0.2, 0.25) is 0 Å². The molecule has 0 atom stereocenters. The number of pyridine rings is 2. The SMILES string of the molecule is CNC(=O)c1ccc(C(=O)Cc2ccc(Cc3ccc(F)c(F)c3)cn2)cn1. The highest BCUT2D eigenvalue weighted by molar-refractivity contribution is 5.98. The van der Waals surface area contributed by atoms with Gasteiger partial charge in [0.15, 0.2) is 17.4 Å². The first-order chi connectivity index (χ1) is 13.5. The molecule has 0 aliphatic carbocycles. The van der Waals surface area contributed by atoms with Gasteiger partial charge in [-0.05, 0) is 47.9 Å². The second-order valence-electron chi connectivity index (χ2n) is 6.19. The molecular weight excluding hydrogens is 364 g/mol. The minimum Gasteiger partial charge on any atom is -0.354 e. The predicted molar refractivity (Wildman–Crippen MR) is 99.1 cm³/mol. The second kappa shape index (κ2) is 8.47. The van der Waals surface area contributed by atoms with Crippen molar-refractivity contribution in [3.63, 3.8) is 0 Å². The maximum Gasteiger partial charge on any atom is 0.269 e. The van der Waals surface area contributed by atoms with Gasteiger partial charge in [-0.25, -0.2) is 8.78 Å². The van der Waals surface area contributed by atoms with Crippen LogP contribution in [0, 0.1) is 11.6 Å². The average Bonchev–Trinajstić information content (AvgIpc) is 2.71. The Kier molecular flexibility index (Phi) is 5.84. The molecule has 2 heterocycles. The number of Topliss-reactive ketones (excluding diaryl/α,β-unsaturated/α-hetero) is 1. The van der Waals surface area contributed by atoms with Gasteiger partial charge in [0, 0.05) is 30.7 Å². The van der Waals surface area contributed by atoms with E-state index in [0.717, 1.165) is 17.7 Å². The summed E-state index contributed by atoms with van der Waals surface area (Å²) in [6, 6.07) is 10.3. The minimum absolute atomic E-state index is 0.0897. The van der Waals surface area contributed by atoms with Gasteiger partial charge in [-0.3, -0.25) is 19.6 Å². The molecular formula is C21H17F2N3O2. The van der Waals surface area contributed by atoms with Crippen molar-refractivity contribution < 1.29 is 18.4 Å². The van der Waals surface area contributed by atoms with Crippen molar-refractivity contribution in [1.29, 1.82) is 0 Å². The fraction of sp³-hybridized carbons (Fsp3) is 0.143. The molecule has 1 amide bonds. The Labute approximate surface area is 160 Å². The maximum atomic E-state index is 13.3. The summed E-state index contributed by atoms with van der Waals surface area (Å²) in [5.41, 5.74) is 2.65. The van der Waals surface area contributed by atoms with Crippen molar-refractivity contribution >= 4 is 11.7 Å². The van der Waals surface area contributed by atoms with Gasteiger partial charge in [0.1, 0.15) is 5.69 Å². The first-order valence-corrected chi connectivity index (χ1v) is 8.55. The maximum absolute atomic E-state index is 13.3. The van der Waals surface area contributed by atoms with E-state index in [2.05, 4.69) is 15.3 Å². The van der Waals surface area contributed by atoms with Crippen LogP contribution in [0.4, 0.5) is 8.78 Å². The summed E-state index contributed by atoms with van der Waals surface area (Å²) in [6.07, 6.45) is 3.47. The molecule has 0 bridgehead atoms. The van der Waals surface area contributed by atoms with Crippen LogP contribution < -0.4 is 5.32 Å². The zero-order chi connectivity index (χ0) is 20.1. The minimum atomic E-state index is -0.885. The Hall–Kier alpha value is -3.48. The van der Waals surface area contributed by atoms with Gasteiger partial charge in [0.25, 0.3) is 5.91 Å². The Morgan fingerprint density at radius 2 is 1.71 bits per heavy atom. The number of amides is 1. The third-order valence-electron chi connectivity index (χ3n) is 4.17. The van der Waals surface area contributed by atoms with Crippen molar-refractivity contribution in [2.75, 3.05) is 7.05 Å². The van der Waals surface area contributed by atoms with E-state index in [4.69, 9.17) is 0 Å². The number of ketones is 1. The van der Waals surface area contributed by atoms with E-state index >= 15 is 0 Å². The van der Waals surface area contributed by atoms with Crippen LogP contribution in [0.15, 0.2) is 54.9 Å². The van der Waals surface area contributed by atoms with Crippen molar-refractivity contribution in [1.82, 2.24) is 15.3 Å². The lowest BCUT2D eigenvalue weighted by molar-refractivity contribution is 0.0953. The molecule has 0 aliphatic rings. The van der Waals surface area contributed by atoms with Gasteiger partial charge < -0.3 is 5.32 Å². The van der Waals surface area contributed by atoms with Crippen LogP contribution in [0.1, 0.15) is 37.7 Å². The zero-order valence-corrected chi connectivity index (χ0v) is 15.1. The average molecular weight is 381 g/mol. The highest BCUT2D eigenvalue weighted by Gasteiger charge is 2.11. The number of nitrogens with zero attached hydrogens (tertiary/aromatic N) is 2. The summed E-state index contributed by atoms with van der Waals surface area (Å²) in [5, 5.41) is 2.46. The van der Waals surface area contributed by atoms with Gasteiger partial charge in [-0.15, -0.1) is 0 Å². The number of benzene rings is 1. The van der Waals surface area contributed by atoms with E-state index in [1.807, 2.05) is 0 Å². The van der Waals surface area contributed by atoms with E-state index < -0.39 is 11.6 Å². The van der Waals surface area contributed by atoms with E-state index in [1.165, 1.54) is 25.4 Å². The van der Waals surface area contributed by atoms with Crippen LogP contribution >= 0.6 is 0 Å². The van der Waals surface area contributed by atoms with E-state index in [9.17, 15) is 18.4 Å². The third-order valence-corrected chi connectivity index (χ3v) is 4.17. The van der Waals surface area contributed by atoms with Crippen molar-refractivity contribution in [3.8, 4) is 0 Å². The summed E-state index contributed by atoms with van der Waals surface area (Å²) in [7, 11) is 1.50. The lowest BCUT2D eigenvalue weighted by Gasteiger charge is -2.05. The molecule has 28 heavy (non-hydrogen) atoms. The number of rotatable bonds is 6. The smallest absolute Gasteiger partial charge is 0.269 e. The number of halogens is 2. The van der Waals surface area contributed by atoms with Crippen molar-refractivity contribution in [2.45, 2.75) is 12.8 Å². The van der Waals surface area contributed by atoms with Crippen molar-refractivity contribution in [2.24, 2.45) is 0 Å². The topological polar surface area (TPSA) is 72.0 Å². The van der Waals surface area contributed by atoms with Crippen LogP contribution in [0.5, 0.6) is 0 Å². The Bertz CT molecular complexity index is 1000. The zero-order valence-electron chi connectivity index (χ0n) is 15.1. The Morgan fingerprint density at radius 3 is 2.32 bits per heavy atom. The van der Waals surface area contributed by atoms with Crippen LogP contribution in [0.3, 0.4) is 0 Å². The number of carbonyl (C=O) groups is 2. The number of hydrogen-bond donors (Lipinski definition) is 1. The molecule has 1 N–H and O–H groups in total. The molecule has 0 aliphatic heterocycles. The number of carbonyl (C=O) groups excluding carboxylic acids is 2. The van der Waals surface area contributed by atoms with Gasteiger partial charge in [0.05, 0.1) is 6.42 Å². The molecule has 0 fully saturated rings. The summed E-state index contributed by atoms with van der Waals surface area (Å²) in [5.74, 6) is -2.26. The first kappa shape index (κ1) is 19.3. The molecule has 0 unspecified atom stereocenters. The standard InChI is InChI=1S/C21H17F2N3O2/c1-24-21(28)19-7-4-15(12-26-19)20(27)10-16-5-2-14(11-25-16)8-13-3-6-17(22)18(23)9-13/h2-7,9,11-12H,8,10H2,1H3,(H,24,28). The molecule has 0 radical (unpaired) electrons. The van der Waals surface area contributed by atoms with Gasteiger partial charge in [0.2, 0.25) is 0 Å². The fourth-order valence-electron chi connectivity index (χ4n) is 2.64. The lowest BCUT2D eigenvalue weighted by Crippen LogP contribution is -2.19. The van der Waals surface area contributed by atoms with Crippen molar-refractivity contribution in [3.05, 3.63) is 94.6 Å². The number of hydrogen-bond acceptors (Lipinski definition) is 4. The normalized spacial score (nSPS) is 10.5. The molecule has 0 saturated carbocycles. The first-order valence-electron chi connectivity index (χ1n) is 8.55. The molecule has 3 aromatic rings.